The first-order valence-corrected chi connectivity index (χ1v) is 9.44. The van der Waals surface area contributed by atoms with Crippen LogP contribution in [0.5, 0.6) is 0 Å². The fourth-order valence-corrected chi connectivity index (χ4v) is 3.01. The van der Waals surface area contributed by atoms with E-state index in [-0.39, 0.29) is 11.8 Å². The highest BCUT2D eigenvalue weighted by Gasteiger charge is 2.20. The molecule has 1 aliphatic rings. The van der Waals surface area contributed by atoms with Gasteiger partial charge in [-0.05, 0) is 30.7 Å². The molecule has 1 aromatic carbocycles. The van der Waals surface area contributed by atoms with E-state index in [9.17, 15) is 9.59 Å². The molecule has 1 N–H and O–H groups in total. The number of benzene rings is 1. The van der Waals surface area contributed by atoms with Crippen LogP contribution in [0.15, 0.2) is 28.7 Å². The first-order valence-electron chi connectivity index (χ1n) is 8.65. The number of piperazine rings is 1. The largest absolute Gasteiger partial charge is 0.340 e. The summed E-state index contributed by atoms with van der Waals surface area (Å²) in [6.45, 7) is 6.50. The average molecular weight is 396 g/mol. The third-order valence-corrected chi connectivity index (χ3v) is 4.75. The summed E-state index contributed by atoms with van der Waals surface area (Å²) in [6.07, 6.45) is 2.37. The summed E-state index contributed by atoms with van der Waals surface area (Å²) < 4.78 is 0.952. The van der Waals surface area contributed by atoms with Crippen LogP contribution in [0.3, 0.4) is 0 Å². The van der Waals surface area contributed by atoms with Gasteiger partial charge in [0.2, 0.25) is 5.91 Å². The summed E-state index contributed by atoms with van der Waals surface area (Å²) in [7, 11) is 0. The molecule has 24 heavy (non-hydrogen) atoms. The summed E-state index contributed by atoms with van der Waals surface area (Å²) >= 11 is 3.39. The highest BCUT2D eigenvalue weighted by atomic mass is 79.9. The summed E-state index contributed by atoms with van der Waals surface area (Å²) in [5.74, 6) is 0.144. The molecule has 0 radical (unpaired) electrons. The van der Waals surface area contributed by atoms with Gasteiger partial charge in [-0.2, -0.15) is 0 Å². The van der Waals surface area contributed by atoms with Crippen LogP contribution in [0.4, 0.5) is 0 Å². The molecule has 1 fully saturated rings. The zero-order valence-corrected chi connectivity index (χ0v) is 15.8. The van der Waals surface area contributed by atoms with Gasteiger partial charge >= 0.3 is 0 Å². The van der Waals surface area contributed by atoms with Crippen LogP contribution in [0.2, 0.25) is 0 Å². The van der Waals surface area contributed by atoms with Crippen LogP contribution in [-0.4, -0.2) is 60.9 Å². The second-order valence-electron chi connectivity index (χ2n) is 6.03. The smallest absolute Gasteiger partial charge is 0.253 e. The normalized spacial score (nSPS) is 14.5. The Hall–Kier alpha value is -1.40. The van der Waals surface area contributed by atoms with Gasteiger partial charge in [0.05, 0.1) is 0 Å². The fraction of sp³-hybridized carbons (Fsp3) is 0.556. The van der Waals surface area contributed by atoms with Crippen LogP contribution in [0.1, 0.15) is 36.5 Å². The van der Waals surface area contributed by atoms with E-state index >= 15 is 0 Å². The average Bonchev–Trinajstić information content (AvgIpc) is 2.62. The maximum atomic E-state index is 12.7. The molecule has 2 rings (SSSR count). The number of carbonyl (C=O) groups is 2. The van der Waals surface area contributed by atoms with Crippen LogP contribution in [0.25, 0.3) is 0 Å². The van der Waals surface area contributed by atoms with Crippen molar-refractivity contribution in [1.82, 2.24) is 15.1 Å². The van der Waals surface area contributed by atoms with Crippen molar-refractivity contribution in [1.29, 1.82) is 0 Å². The third-order valence-electron chi connectivity index (χ3n) is 4.23. The molecule has 6 heteroatoms. The lowest BCUT2D eigenvalue weighted by Crippen LogP contribution is -2.47. The molecule has 0 spiro atoms. The van der Waals surface area contributed by atoms with E-state index < -0.39 is 0 Å². The number of rotatable bonds is 7. The molecule has 0 bridgehead atoms. The molecule has 1 saturated heterocycles. The summed E-state index contributed by atoms with van der Waals surface area (Å²) in [5, 5.41) is 3.24. The van der Waals surface area contributed by atoms with Gasteiger partial charge in [0.25, 0.3) is 5.91 Å². The first-order chi connectivity index (χ1) is 11.6. The molecule has 1 aliphatic heterocycles. The zero-order chi connectivity index (χ0) is 17.4. The monoisotopic (exact) mass is 395 g/mol. The number of halogens is 1. The summed E-state index contributed by atoms with van der Waals surface area (Å²) in [6, 6.07) is 7.39. The number of carbonyl (C=O) groups excluding carboxylic acids is 2. The van der Waals surface area contributed by atoms with E-state index in [1.165, 1.54) is 0 Å². The zero-order valence-electron chi connectivity index (χ0n) is 14.3. The van der Waals surface area contributed by atoms with Crippen LogP contribution in [-0.2, 0) is 4.79 Å². The van der Waals surface area contributed by atoms with Crippen molar-refractivity contribution in [3.05, 3.63) is 34.3 Å². The van der Waals surface area contributed by atoms with Gasteiger partial charge < -0.3 is 15.1 Å². The van der Waals surface area contributed by atoms with Gasteiger partial charge in [-0.1, -0.05) is 29.3 Å². The van der Waals surface area contributed by atoms with Crippen molar-refractivity contribution in [3.8, 4) is 0 Å². The van der Waals surface area contributed by atoms with Gasteiger partial charge in [-0.15, -0.1) is 0 Å². The lowest BCUT2D eigenvalue weighted by Gasteiger charge is -2.29. The molecule has 0 saturated carbocycles. The molecule has 5 nitrogen and oxygen atoms in total. The number of hydrogen-bond acceptors (Lipinski definition) is 3. The Labute approximate surface area is 152 Å². The molecule has 0 aromatic heterocycles. The van der Waals surface area contributed by atoms with E-state index in [0.29, 0.717) is 25.1 Å². The number of unbranched alkanes of at least 4 members (excludes halogenated alkanes) is 1. The standard InChI is InChI=1S/C18H26BrN3O2/c1-2-3-11-22(18(24)15-4-6-16(19)7-5-15)12-8-17(23)21-13-9-20-10-14-21/h4-7,20H,2-3,8-14H2,1H3. The Morgan fingerprint density at radius 1 is 1.17 bits per heavy atom. The second-order valence-corrected chi connectivity index (χ2v) is 6.95. The van der Waals surface area contributed by atoms with Crippen molar-refractivity contribution in [2.45, 2.75) is 26.2 Å². The molecule has 0 aliphatic carbocycles. The van der Waals surface area contributed by atoms with E-state index in [1.54, 1.807) is 0 Å². The van der Waals surface area contributed by atoms with Gasteiger partial charge in [-0.3, -0.25) is 9.59 Å². The maximum Gasteiger partial charge on any atom is 0.253 e. The minimum Gasteiger partial charge on any atom is -0.340 e. The quantitative estimate of drug-likeness (QED) is 0.771. The molecule has 1 heterocycles. The Morgan fingerprint density at radius 3 is 2.46 bits per heavy atom. The molecule has 2 amide bonds. The van der Waals surface area contributed by atoms with Crippen molar-refractivity contribution in [3.63, 3.8) is 0 Å². The molecule has 0 unspecified atom stereocenters. The lowest BCUT2D eigenvalue weighted by molar-refractivity contribution is -0.131. The van der Waals surface area contributed by atoms with Crippen molar-refractivity contribution in [2.75, 3.05) is 39.3 Å². The Bertz CT molecular complexity index is 542. The first kappa shape index (κ1) is 18.9. The highest BCUT2D eigenvalue weighted by Crippen LogP contribution is 2.13. The van der Waals surface area contributed by atoms with Crippen molar-refractivity contribution < 1.29 is 9.59 Å². The number of hydrogen-bond donors (Lipinski definition) is 1. The Kier molecular flexibility index (Phi) is 7.72. The van der Waals surface area contributed by atoms with Crippen molar-refractivity contribution >= 4 is 27.7 Å². The minimum absolute atomic E-state index is 0.00376. The molecule has 0 atom stereocenters. The summed E-state index contributed by atoms with van der Waals surface area (Å²) in [5.41, 5.74) is 0.670. The minimum atomic E-state index is 0.00376. The van der Waals surface area contributed by atoms with E-state index in [0.717, 1.165) is 43.5 Å². The number of nitrogens with one attached hydrogen (secondary N) is 1. The molecular weight excluding hydrogens is 370 g/mol. The van der Waals surface area contributed by atoms with E-state index in [2.05, 4.69) is 28.2 Å². The van der Waals surface area contributed by atoms with Crippen molar-refractivity contribution in [2.24, 2.45) is 0 Å². The third kappa shape index (κ3) is 5.60. The second kappa shape index (κ2) is 9.79. The lowest BCUT2D eigenvalue weighted by atomic mass is 10.1. The predicted molar refractivity (Wildman–Crippen MR) is 99.0 cm³/mol. The molecule has 1 aromatic rings. The van der Waals surface area contributed by atoms with E-state index in [1.807, 2.05) is 34.1 Å². The SMILES string of the molecule is CCCCN(CCC(=O)N1CCNCC1)C(=O)c1ccc(Br)cc1. The van der Waals surface area contributed by atoms with Gasteiger partial charge in [0.1, 0.15) is 0 Å². The molecule has 132 valence electrons. The van der Waals surface area contributed by atoms with Gasteiger partial charge in [0, 0.05) is 55.7 Å². The highest BCUT2D eigenvalue weighted by molar-refractivity contribution is 9.10. The topological polar surface area (TPSA) is 52.7 Å². The van der Waals surface area contributed by atoms with E-state index in [4.69, 9.17) is 0 Å². The molecular formula is C18H26BrN3O2. The maximum absolute atomic E-state index is 12.7. The predicted octanol–water partition coefficient (Wildman–Crippen LogP) is 2.51. The van der Waals surface area contributed by atoms with Crippen LogP contribution >= 0.6 is 15.9 Å². The Morgan fingerprint density at radius 2 is 1.83 bits per heavy atom. The van der Waals surface area contributed by atoms with Gasteiger partial charge in [-0.25, -0.2) is 0 Å². The van der Waals surface area contributed by atoms with Gasteiger partial charge in [0.15, 0.2) is 0 Å². The van der Waals surface area contributed by atoms with Crippen LogP contribution < -0.4 is 5.32 Å². The number of amides is 2. The Balaban J connectivity index is 1.95. The number of nitrogens with zero attached hydrogens (tertiary/aromatic N) is 2. The fourth-order valence-electron chi connectivity index (χ4n) is 2.74. The van der Waals surface area contributed by atoms with Crippen LogP contribution in [0, 0.1) is 0 Å². The summed E-state index contributed by atoms with van der Waals surface area (Å²) in [4.78, 5) is 28.8.